The molecule has 0 atom stereocenters. The van der Waals surface area contributed by atoms with E-state index in [0.717, 1.165) is 30.5 Å². The summed E-state index contributed by atoms with van der Waals surface area (Å²) in [4.78, 5) is 27.7. The SMILES string of the molecule is COc1ccccc1CN(C(=O)c1nn(-c2cccc(C(F)(F)F)c2)c(C)cc1=O)C1CC1. The van der Waals surface area contributed by atoms with Gasteiger partial charge in [-0.25, -0.2) is 4.68 Å². The van der Waals surface area contributed by atoms with Crippen molar-refractivity contribution in [2.24, 2.45) is 0 Å². The largest absolute Gasteiger partial charge is 0.496 e. The van der Waals surface area contributed by atoms with Crippen molar-refractivity contribution in [3.05, 3.63) is 87.3 Å². The molecule has 1 aliphatic rings. The molecule has 6 nitrogen and oxygen atoms in total. The number of alkyl halides is 3. The zero-order valence-corrected chi connectivity index (χ0v) is 18.1. The highest BCUT2D eigenvalue weighted by Crippen LogP contribution is 2.32. The van der Waals surface area contributed by atoms with Crippen LogP contribution in [0.1, 0.15) is 40.2 Å². The molecule has 1 aliphatic carbocycles. The molecule has 0 radical (unpaired) electrons. The van der Waals surface area contributed by atoms with Gasteiger partial charge in [-0.3, -0.25) is 9.59 Å². The van der Waals surface area contributed by atoms with Crippen LogP contribution in [0.15, 0.2) is 59.4 Å². The summed E-state index contributed by atoms with van der Waals surface area (Å²) in [6.45, 7) is 1.78. The van der Waals surface area contributed by atoms with Crippen molar-refractivity contribution in [2.45, 2.75) is 38.5 Å². The zero-order valence-electron chi connectivity index (χ0n) is 18.1. The molecule has 172 valence electrons. The van der Waals surface area contributed by atoms with Crippen LogP contribution in [-0.2, 0) is 12.7 Å². The van der Waals surface area contributed by atoms with Crippen LogP contribution in [0, 0.1) is 6.92 Å². The van der Waals surface area contributed by atoms with E-state index in [1.807, 2.05) is 18.2 Å². The van der Waals surface area contributed by atoms with Gasteiger partial charge in [-0.1, -0.05) is 24.3 Å². The molecule has 1 saturated carbocycles. The number of rotatable bonds is 6. The number of benzene rings is 2. The maximum Gasteiger partial charge on any atom is 0.416 e. The van der Waals surface area contributed by atoms with Crippen LogP contribution in [0.5, 0.6) is 5.75 Å². The lowest BCUT2D eigenvalue weighted by Crippen LogP contribution is -2.37. The highest BCUT2D eigenvalue weighted by atomic mass is 19.4. The minimum absolute atomic E-state index is 0.0353. The number of halogens is 3. The lowest BCUT2D eigenvalue weighted by Gasteiger charge is -2.23. The van der Waals surface area contributed by atoms with Gasteiger partial charge in [0.15, 0.2) is 5.69 Å². The minimum atomic E-state index is -4.53. The summed E-state index contributed by atoms with van der Waals surface area (Å²) >= 11 is 0. The molecule has 2 aromatic carbocycles. The standard InChI is InChI=1S/C24H22F3N3O3/c1-15-12-20(31)22(28-30(15)19-8-5-7-17(13-19)24(25,26)27)23(32)29(18-10-11-18)14-16-6-3-4-9-21(16)33-2/h3-9,12-13,18H,10-11,14H2,1-2H3. The average Bonchev–Trinajstić information content (AvgIpc) is 3.62. The van der Waals surface area contributed by atoms with Crippen LogP contribution in [-0.4, -0.2) is 33.7 Å². The predicted octanol–water partition coefficient (Wildman–Crippen LogP) is 4.37. The molecule has 0 N–H and O–H groups in total. The second-order valence-electron chi connectivity index (χ2n) is 7.93. The number of para-hydroxylation sites is 1. The van der Waals surface area contributed by atoms with E-state index in [1.165, 1.54) is 30.0 Å². The molecule has 1 heterocycles. The number of carbonyl (C=O) groups excluding carboxylic acids is 1. The van der Waals surface area contributed by atoms with E-state index >= 15 is 0 Å². The Morgan fingerprint density at radius 1 is 1.15 bits per heavy atom. The lowest BCUT2D eigenvalue weighted by molar-refractivity contribution is -0.137. The Labute approximate surface area is 188 Å². The fourth-order valence-electron chi connectivity index (χ4n) is 3.68. The van der Waals surface area contributed by atoms with Gasteiger partial charge in [-0.15, -0.1) is 0 Å². The summed E-state index contributed by atoms with van der Waals surface area (Å²) in [7, 11) is 1.54. The normalized spacial score (nSPS) is 13.6. The Bertz CT molecular complexity index is 1250. The molecular weight excluding hydrogens is 435 g/mol. The summed E-state index contributed by atoms with van der Waals surface area (Å²) in [6.07, 6.45) is -2.93. The van der Waals surface area contributed by atoms with E-state index in [0.29, 0.717) is 11.4 Å². The van der Waals surface area contributed by atoms with Gasteiger partial charge in [0.05, 0.1) is 18.4 Å². The number of ether oxygens (including phenoxy) is 1. The van der Waals surface area contributed by atoms with Gasteiger partial charge >= 0.3 is 6.18 Å². The molecule has 0 saturated heterocycles. The first-order valence-corrected chi connectivity index (χ1v) is 10.4. The maximum absolute atomic E-state index is 13.4. The third kappa shape index (κ3) is 4.76. The predicted molar refractivity (Wildman–Crippen MR) is 115 cm³/mol. The van der Waals surface area contributed by atoms with E-state index in [9.17, 15) is 22.8 Å². The molecule has 3 aromatic rings. The first-order valence-electron chi connectivity index (χ1n) is 10.4. The molecular formula is C24H22F3N3O3. The Kier molecular flexibility index (Phi) is 5.97. The first kappa shape index (κ1) is 22.6. The van der Waals surface area contributed by atoms with Crippen molar-refractivity contribution >= 4 is 5.91 Å². The summed E-state index contributed by atoms with van der Waals surface area (Å²) in [5, 5.41) is 4.19. The van der Waals surface area contributed by atoms with Crippen LogP contribution in [0.4, 0.5) is 13.2 Å². The number of aryl methyl sites for hydroxylation is 1. The average molecular weight is 457 g/mol. The van der Waals surface area contributed by atoms with Gasteiger partial charge in [0.2, 0.25) is 5.43 Å². The molecule has 33 heavy (non-hydrogen) atoms. The molecule has 1 aromatic heterocycles. The van der Waals surface area contributed by atoms with Crippen LogP contribution in [0.25, 0.3) is 5.69 Å². The Morgan fingerprint density at radius 3 is 2.55 bits per heavy atom. The maximum atomic E-state index is 13.4. The summed E-state index contributed by atoms with van der Waals surface area (Å²) in [6, 6.07) is 13.1. The summed E-state index contributed by atoms with van der Waals surface area (Å²) in [5.41, 5.74) is -0.544. The van der Waals surface area contributed by atoms with E-state index in [-0.39, 0.29) is 24.0 Å². The number of amides is 1. The van der Waals surface area contributed by atoms with Crippen molar-refractivity contribution in [2.75, 3.05) is 7.11 Å². The minimum Gasteiger partial charge on any atom is -0.496 e. The van der Waals surface area contributed by atoms with Crippen LogP contribution in [0.3, 0.4) is 0 Å². The number of hydrogen-bond acceptors (Lipinski definition) is 4. The summed E-state index contributed by atoms with van der Waals surface area (Å²) in [5.74, 6) is 0.0586. The van der Waals surface area contributed by atoms with Crippen LogP contribution < -0.4 is 10.2 Å². The number of aromatic nitrogens is 2. The van der Waals surface area contributed by atoms with E-state index < -0.39 is 23.1 Å². The van der Waals surface area contributed by atoms with Gasteiger partial charge in [0.25, 0.3) is 5.91 Å². The quantitative estimate of drug-likeness (QED) is 0.551. The summed E-state index contributed by atoms with van der Waals surface area (Å²) < 4.78 is 46.1. The molecule has 9 heteroatoms. The highest BCUT2D eigenvalue weighted by Gasteiger charge is 2.35. The van der Waals surface area contributed by atoms with Gasteiger partial charge in [-0.05, 0) is 44.0 Å². The van der Waals surface area contributed by atoms with Crippen LogP contribution >= 0.6 is 0 Å². The van der Waals surface area contributed by atoms with E-state index in [4.69, 9.17) is 4.74 Å². The number of hydrogen-bond donors (Lipinski definition) is 0. The van der Waals surface area contributed by atoms with E-state index in [1.54, 1.807) is 17.9 Å². The number of carbonyl (C=O) groups is 1. The molecule has 0 bridgehead atoms. The molecule has 4 rings (SSSR count). The zero-order chi connectivity index (χ0) is 23.8. The topological polar surface area (TPSA) is 64.4 Å². The van der Waals surface area contributed by atoms with Gasteiger partial charge in [0, 0.05) is 29.9 Å². The van der Waals surface area contributed by atoms with Crippen molar-refractivity contribution in [1.29, 1.82) is 0 Å². The van der Waals surface area contributed by atoms with Crippen molar-refractivity contribution < 1.29 is 22.7 Å². The van der Waals surface area contributed by atoms with E-state index in [2.05, 4.69) is 5.10 Å². The highest BCUT2D eigenvalue weighted by molar-refractivity contribution is 5.92. The fraction of sp³-hybridized carbons (Fsp3) is 0.292. The second-order valence-corrected chi connectivity index (χ2v) is 7.93. The monoisotopic (exact) mass is 457 g/mol. The molecule has 1 amide bonds. The van der Waals surface area contributed by atoms with Gasteiger partial charge < -0.3 is 9.64 Å². The number of nitrogens with zero attached hydrogens (tertiary/aromatic N) is 3. The van der Waals surface area contributed by atoms with Gasteiger partial charge in [-0.2, -0.15) is 18.3 Å². The third-order valence-corrected chi connectivity index (χ3v) is 5.51. The fourth-order valence-corrected chi connectivity index (χ4v) is 3.68. The van der Waals surface area contributed by atoms with Crippen molar-refractivity contribution in [3.8, 4) is 11.4 Å². The first-order chi connectivity index (χ1) is 15.7. The molecule has 0 unspecified atom stereocenters. The second kappa shape index (κ2) is 8.73. The van der Waals surface area contributed by atoms with Crippen LogP contribution in [0.2, 0.25) is 0 Å². The van der Waals surface area contributed by atoms with Crippen molar-refractivity contribution in [3.63, 3.8) is 0 Å². The third-order valence-electron chi connectivity index (χ3n) is 5.51. The Hall–Kier alpha value is -3.62. The molecule has 0 spiro atoms. The molecule has 0 aliphatic heterocycles. The van der Waals surface area contributed by atoms with Crippen molar-refractivity contribution in [1.82, 2.24) is 14.7 Å². The Morgan fingerprint density at radius 2 is 1.88 bits per heavy atom. The molecule has 1 fully saturated rings. The lowest BCUT2D eigenvalue weighted by atomic mass is 10.1. The van der Waals surface area contributed by atoms with Gasteiger partial charge in [0.1, 0.15) is 5.75 Å². The smallest absolute Gasteiger partial charge is 0.416 e. The Balaban J connectivity index is 1.73. The number of methoxy groups -OCH3 is 1.